The van der Waals surface area contributed by atoms with Crippen LogP contribution in [0.2, 0.25) is 0 Å². The maximum atomic E-state index is 5.17. The van der Waals surface area contributed by atoms with Crippen molar-refractivity contribution in [1.82, 2.24) is 15.0 Å². The molecule has 0 amide bonds. The first-order chi connectivity index (χ1) is 23.8. The summed E-state index contributed by atoms with van der Waals surface area (Å²) in [6, 6.07) is 58.4. The lowest BCUT2D eigenvalue weighted by Gasteiger charge is -2.39. The van der Waals surface area contributed by atoms with Crippen LogP contribution in [0.25, 0.3) is 56.1 Å². The number of aromatic nitrogens is 3. The van der Waals surface area contributed by atoms with Crippen LogP contribution in [0, 0.1) is 0 Å². The molecule has 0 fully saturated rings. The van der Waals surface area contributed by atoms with E-state index in [1.54, 1.807) is 0 Å². The molecule has 1 spiro atoms. The summed E-state index contributed by atoms with van der Waals surface area (Å²) >= 11 is 1.83. The molecular weight excluding hydrogens is 603 g/mol. The van der Waals surface area contributed by atoms with Gasteiger partial charge in [0.15, 0.2) is 17.5 Å². The van der Waals surface area contributed by atoms with E-state index < -0.39 is 5.41 Å². The lowest BCUT2D eigenvalue weighted by atomic mass is 9.67. The van der Waals surface area contributed by atoms with Crippen LogP contribution in [0.4, 0.5) is 0 Å². The quantitative estimate of drug-likeness (QED) is 0.195. The molecule has 7 aromatic carbocycles. The van der Waals surface area contributed by atoms with Crippen LogP contribution in [-0.2, 0) is 5.41 Å². The Bertz CT molecular complexity index is 2510. The van der Waals surface area contributed by atoms with Gasteiger partial charge < -0.3 is 0 Å². The van der Waals surface area contributed by atoms with E-state index in [9.17, 15) is 0 Å². The van der Waals surface area contributed by atoms with Crippen molar-refractivity contribution in [2.45, 2.75) is 15.2 Å². The molecule has 3 nitrogen and oxygen atoms in total. The number of hydrogen-bond acceptors (Lipinski definition) is 4. The zero-order valence-electron chi connectivity index (χ0n) is 25.8. The highest BCUT2D eigenvalue weighted by Gasteiger charge is 2.50. The summed E-state index contributed by atoms with van der Waals surface area (Å²) in [5.41, 5.74) is 10.4. The van der Waals surface area contributed by atoms with Gasteiger partial charge in [-0.15, -0.1) is 0 Å². The highest BCUT2D eigenvalue weighted by atomic mass is 32.2. The van der Waals surface area contributed by atoms with Gasteiger partial charge in [-0.2, -0.15) is 0 Å². The second-order valence-electron chi connectivity index (χ2n) is 12.3. The minimum Gasteiger partial charge on any atom is -0.208 e. The smallest absolute Gasteiger partial charge is 0.164 e. The van der Waals surface area contributed by atoms with E-state index in [1.165, 1.54) is 43.2 Å². The average Bonchev–Trinajstić information content (AvgIpc) is 3.45. The molecular formula is C44H27N3S. The highest BCUT2D eigenvalue weighted by Crippen LogP contribution is 2.62. The predicted octanol–water partition coefficient (Wildman–Crippen LogP) is 10.9. The van der Waals surface area contributed by atoms with E-state index in [1.807, 2.05) is 30.0 Å². The second-order valence-corrected chi connectivity index (χ2v) is 13.4. The van der Waals surface area contributed by atoms with Crippen molar-refractivity contribution in [3.63, 3.8) is 0 Å². The van der Waals surface area contributed by atoms with E-state index in [0.29, 0.717) is 17.5 Å². The van der Waals surface area contributed by atoms with Crippen LogP contribution in [0.15, 0.2) is 174 Å². The molecule has 0 N–H and O–H groups in total. The maximum absolute atomic E-state index is 5.17. The number of benzene rings is 7. The fourth-order valence-electron chi connectivity index (χ4n) is 7.76. The third-order valence-corrected chi connectivity index (χ3v) is 10.9. The van der Waals surface area contributed by atoms with E-state index in [4.69, 9.17) is 15.0 Å². The normalized spacial score (nSPS) is 13.5. The number of fused-ring (bicyclic) bond motifs is 10. The highest BCUT2D eigenvalue weighted by molar-refractivity contribution is 7.99. The van der Waals surface area contributed by atoms with Crippen molar-refractivity contribution in [3.8, 4) is 45.3 Å². The molecule has 0 saturated heterocycles. The Morgan fingerprint density at radius 3 is 1.73 bits per heavy atom. The molecule has 0 unspecified atom stereocenters. The molecule has 1 aromatic heterocycles. The van der Waals surface area contributed by atoms with Crippen molar-refractivity contribution in [1.29, 1.82) is 0 Å². The molecule has 2 aliphatic rings. The molecule has 224 valence electrons. The van der Waals surface area contributed by atoms with Crippen LogP contribution in [0.1, 0.15) is 22.3 Å². The standard InChI is InChI=1S/C44H27N3S/c1-2-14-29(15-3-1)41-45-42(47-43(46-41)34-20-12-16-28-13-4-5-17-31(28)34)30-25-26-38-40(27-30)48-39-24-11-10-23-37(39)44(38)35-21-8-6-18-32(35)33-19-7-9-22-36(33)44/h1-27H. The van der Waals surface area contributed by atoms with Gasteiger partial charge in [0.1, 0.15) is 0 Å². The fourth-order valence-corrected chi connectivity index (χ4v) is 8.99. The molecule has 0 radical (unpaired) electrons. The van der Waals surface area contributed by atoms with Gasteiger partial charge in [-0.25, -0.2) is 15.0 Å². The fraction of sp³-hybridized carbons (Fsp3) is 0.0227. The minimum absolute atomic E-state index is 0.411. The van der Waals surface area contributed by atoms with Gasteiger partial charge in [0.25, 0.3) is 0 Å². The lowest BCUT2D eigenvalue weighted by molar-refractivity contribution is 0.722. The van der Waals surface area contributed by atoms with E-state index in [0.717, 1.165) is 27.5 Å². The van der Waals surface area contributed by atoms with Gasteiger partial charge in [0.2, 0.25) is 0 Å². The Balaban J connectivity index is 1.21. The Morgan fingerprint density at radius 1 is 0.375 bits per heavy atom. The first-order valence-corrected chi connectivity index (χ1v) is 17.0. The van der Waals surface area contributed by atoms with Crippen LogP contribution in [0.3, 0.4) is 0 Å². The Labute approximate surface area is 283 Å². The first kappa shape index (κ1) is 27.3. The van der Waals surface area contributed by atoms with Gasteiger partial charge >= 0.3 is 0 Å². The van der Waals surface area contributed by atoms with Crippen molar-refractivity contribution >= 4 is 22.5 Å². The van der Waals surface area contributed by atoms with Gasteiger partial charge in [0, 0.05) is 26.5 Å². The third kappa shape index (κ3) is 3.93. The van der Waals surface area contributed by atoms with Crippen molar-refractivity contribution in [3.05, 3.63) is 186 Å². The SMILES string of the molecule is c1ccc(-c2nc(-c3ccc4c(c3)Sc3ccccc3C43c4ccccc4-c4ccccc43)nc(-c3cccc4ccccc34)n2)cc1. The Morgan fingerprint density at radius 2 is 0.938 bits per heavy atom. The number of nitrogens with zero attached hydrogens (tertiary/aromatic N) is 3. The Kier molecular flexibility index (Phi) is 6.02. The van der Waals surface area contributed by atoms with Crippen LogP contribution >= 0.6 is 11.8 Å². The topological polar surface area (TPSA) is 38.7 Å². The second kappa shape index (κ2) is 10.6. The summed E-state index contributed by atoms with van der Waals surface area (Å²) in [4.78, 5) is 17.8. The summed E-state index contributed by atoms with van der Waals surface area (Å²) in [6.45, 7) is 0. The van der Waals surface area contributed by atoms with E-state index in [-0.39, 0.29) is 0 Å². The molecule has 4 heteroatoms. The van der Waals surface area contributed by atoms with Crippen molar-refractivity contribution < 1.29 is 0 Å². The predicted molar refractivity (Wildman–Crippen MR) is 195 cm³/mol. The molecule has 0 saturated carbocycles. The van der Waals surface area contributed by atoms with Gasteiger partial charge in [0.05, 0.1) is 5.41 Å². The Hall–Kier alpha value is -5.84. The molecule has 0 atom stereocenters. The molecule has 0 bridgehead atoms. The zero-order valence-corrected chi connectivity index (χ0v) is 26.7. The van der Waals surface area contributed by atoms with Crippen LogP contribution < -0.4 is 0 Å². The minimum atomic E-state index is -0.411. The molecule has 48 heavy (non-hydrogen) atoms. The molecule has 10 rings (SSSR count). The summed E-state index contributed by atoms with van der Waals surface area (Å²) < 4.78 is 0. The van der Waals surface area contributed by atoms with Crippen molar-refractivity contribution in [2.75, 3.05) is 0 Å². The summed E-state index contributed by atoms with van der Waals surface area (Å²) in [7, 11) is 0. The number of rotatable bonds is 3. The number of hydrogen-bond donors (Lipinski definition) is 0. The average molecular weight is 630 g/mol. The first-order valence-electron chi connectivity index (χ1n) is 16.2. The molecule has 1 aliphatic carbocycles. The maximum Gasteiger partial charge on any atom is 0.164 e. The third-order valence-electron chi connectivity index (χ3n) is 9.81. The van der Waals surface area contributed by atoms with E-state index in [2.05, 4.69) is 146 Å². The van der Waals surface area contributed by atoms with Gasteiger partial charge in [-0.3, -0.25) is 0 Å². The molecule has 2 heterocycles. The zero-order chi connectivity index (χ0) is 31.7. The largest absolute Gasteiger partial charge is 0.208 e. The van der Waals surface area contributed by atoms with Crippen LogP contribution in [0.5, 0.6) is 0 Å². The summed E-state index contributed by atoms with van der Waals surface area (Å²) in [5, 5.41) is 2.28. The lowest BCUT2D eigenvalue weighted by Crippen LogP contribution is -2.31. The monoisotopic (exact) mass is 629 g/mol. The van der Waals surface area contributed by atoms with Crippen molar-refractivity contribution in [2.24, 2.45) is 0 Å². The van der Waals surface area contributed by atoms with E-state index >= 15 is 0 Å². The molecule has 1 aliphatic heterocycles. The summed E-state index contributed by atoms with van der Waals surface area (Å²) in [6.07, 6.45) is 0. The molecule has 8 aromatic rings. The van der Waals surface area contributed by atoms with Gasteiger partial charge in [-0.1, -0.05) is 163 Å². The van der Waals surface area contributed by atoms with Gasteiger partial charge in [-0.05, 0) is 56.3 Å². The van der Waals surface area contributed by atoms with Crippen LogP contribution in [-0.4, -0.2) is 15.0 Å². The summed E-state index contributed by atoms with van der Waals surface area (Å²) in [5.74, 6) is 1.99.